The number of ether oxygens (including phenoxy) is 2. The van der Waals surface area contributed by atoms with E-state index in [-0.39, 0.29) is 11.3 Å². The van der Waals surface area contributed by atoms with Gasteiger partial charge in [-0.05, 0) is 11.8 Å². The van der Waals surface area contributed by atoms with Crippen LogP contribution >= 0.6 is 11.8 Å². The number of hydrogen-bond donors (Lipinski definition) is 0. The third-order valence-electron chi connectivity index (χ3n) is 2.26. The van der Waals surface area contributed by atoms with Gasteiger partial charge in [0.15, 0.2) is 0 Å². The number of carbonyl (C=O) groups is 3. The topological polar surface area (TPSA) is 72.9 Å². The number of thioether (sulfide) groups is 1. The van der Waals surface area contributed by atoms with E-state index in [0.717, 1.165) is 11.8 Å². The van der Waals surface area contributed by atoms with E-state index in [9.17, 15) is 14.4 Å². The van der Waals surface area contributed by atoms with E-state index in [1.807, 2.05) is 0 Å². The predicted molar refractivity (Wildman–Crippen MR) is 58.2 cm³/mol. The van der Waals surface area contributed by atoms with Gasteiger partial charge < -0.3 is 14.4 Å². The molecule has 0 aliphatic carbocycles. The molecule has 0 spiro atoms. The fraction of sp³-hybridized carbons (Fsp3) is 0.500. The number of carbonyl (C=O) groups excluding carboxylic acids is 3. The number of nitrogens with zero attached hydrogens (tertiary/aromatic N) is 1. The number of esters is 2. The summed E-state index contributed by atoms with van der Waals surface area (Å²) in [4.78, 5) is 34.7. The summed E-state index contributed by atoms with van der Waals surface area (Å²) in [7, 11) is 0. The van der Waals surface area contributed by atoms with Crippen LogP contribution in [0.15, 0.2) is 12.3 Å². The molecule has 1 fully saturated rings. The lowest BCUT2D eigenvalue weighted by Gasteiger charge is -2.44. The molecule has 0 N–H and O–H groups in total. The molecule has 2 aliphatic heterocycles. The maximum absolute atomic E-state index is 11.2. The van der Waals surface area contributed by atoms with Crippen molar-refractivity contribution in [2.24, 2.45) is 0 Å². The van der Waals surface area contributed by atoms with Gasteiger partial charge in [-0.2, -0.15) is 0 Å². The van der Waals surface area contributed by atoms with Crippen molar-refractivity contribution >= 4 is 29.6 Å². The van der Waals surface area contributed by atoms with E-state index in [2.05, 4.69) is 0 Å². The van der Waals surface area contributed by atoms with E-state index in [4.69, 9.17) is 9.47 Å². The lowest BCUT2D eigenvalue weighted by atomic mass is 10.2. The minimum atomic E-state index is -1.44. The average Bonchev–Trinajstić information content (AvgIpc) is 2.13. The second-order valence-electron chi connectivity index (χ2n) is 3.68. The first kappa shape index (κ1) is 12.0. The first-order valence-electron chi connectivity index (χ1n) is 4.99. The number of fused-ring (bicyclic) bond motifs is 1. The van der Waals surface area contributed by atoms with Gasteiger partial charge in [0.2, 0.25) is 5.91 Å². The number of β-lactam (4-membered cyclic amide) rings is 1. The Labute approximate surface area is 102 Å². The maximum atomic E-state index is 11.2. The van der Waals surface area contributed by atoms with Crippen molar-refractivity contribution in [1.29, 1.82) is 0 Å². The smallest absolute Gasteiger partial charge is 0.330 e. The normalized spacial score (nSPS) is 24.7. The molecule has 0 aromatic carbocycles. The second kappa shape index (κ2) is 4.06. The molecule has 2 heterocycles. The molecule has 0 radical (unpaired) electrons. The Kier molecular flexibility index (Phi) is 2.86. The third kappa shape index (κ3) is 2.28. The lowest BCUT2D eigenvalue weighted by Crippen LogP contribution is -2.53. The molecule has 92 valence electrons. The Hall–Kier alpha value is -1.50. The summed E-state index contributed by atoms with van der Waals surface area (Å²) in [6.45, 7) is 2.47. The van der Waals surface area contributed by atoms with Gasteiger partial charge in [0.05, 0.1) is 11.8 Å². The molecular weight excluding hydrogens is 246 g/mol. The zero-order valence-corrected chi connectivity index (χ0v) is 10.2. The van der Waals surface area contributed by atoms with E-state index in [1.54, 1.807) is 0 Å². The molecule has 1 atom stereocenters. The van der Waals surface area contributed by atoms with Gasteiger partial charge in [-0.1, -0.05) is 0 Å². The monoisotopic (exact) mass is 257 g/mol. The van der Waals surface area contributed by atoms with Crippen LogP contribution in [0.1, 0.15) is 20.3 Å². The van der Waals surface area contributed by atoms with Crippen molar-refractivity contribution in [1.82, 2.24) is 4.90 Å². The molecule has 0 bridgehead atoms. The fourth-order valence-corrected chi connectivity index (χ4v) is 2.99. The van der Waals surface area contributed by atoms with Gasteiger partial charge >= 0.3 is 17.1 Å². The van der Waals surface area contributed by atoms with Crippen molar-refractivity contribution in [2.75, 3.05) is 0 Å². The summed E-state index contributed by atoms with van der Waals surface area (Å²) in [5.74, 6) is -1.11. The standard InChI is InChI=1S/C10H11NO5S/c1-6(12)15-10(16-7(2)13)3-4-11-8(14)5-9(11)17-10/h3-4,9H,5H2,1-2H3/t9-/m1/s1. The van der Waals surface area contributed by atoms with Gasteiger partial charge in [0, 0.05) is 26.1 Å². The van der Waals surface area contributed by atoms with Crippen LogP contribution in [-0.2, 0) is 23.9 Å². The van der Waals surface area contributed by atoms with Crippen molar-refractivity contribution in [3.63, 3.8) is 0 Å². The molecule has 2 aliphatic rings. The molecule has 6 nitrogen and oxygen atoms in total. The van der Waals surface area contributed by atoms with Crippen LogP contribution in [-0.4, -0.2) is 33.2 Å². The molecule has 0 aromatic heterocycles. The molecule has 0 unspecified atom stereocenters. The first-order valence-corrected chi connectivity index (χ1v) is 5.87. The van der Waals surface area contributed by atoms with E-state index >= 15 is 0 Å². The summed E-state index contributed by atoms with van der Waals surface area (Å²) >= 11 is 1.12. The Morgan fingerprint density at radius 1 is 1.41 bits per heavy atom. The lowest BCUT2D eigenvalue weighted by molar-refractivity contribution is -0.185. The van der Waals surface area contributed by atoms with Gasteiger partial charge in [0.25, 0.3) is 0 Å². The summed E-state index contributed by atoms with van der Waals surface area (Å²) in [6.07, 6.45) is 3.23. The summed E-state index contributed by atoms with van der Waals surface area (Å²) in [6, 6.07) is 0. The van der Waals surface area contributed by atoms with Gasteiger partial charge in [-0.25, -0.2) is 0 Å². The van der Waals surface area contributed by atoms with E-state index < -0.39 is 17.1 Å². The zero-order chi connectivity index (χ0) is 12.6. The third-order valence-corrected chi connectivity index (χ3v) is 3.56. The molecule has 2 rings (SSSR count). The molecule has 1 saturated heterocycles. The van der Waals surface area contributed by atoms with Crippen LogP contribution in [0.5, 0.6) is 0 Å². The highest BCUT2D eigenvalue weighted by Crippen LogP contribution is 2.44. The largest absolute Gasteiger partial charge is 0.409 e. The summed E-state index contributed by atoms with van der Waals surface area (Å²) < 4.78 is 10.1. The average molecular weight is 257 g/mol. The van der Waals surface area contributed by atoms with E-state index in [0.29, 0.717) is 6.42 Å². The fourth-order valence-electron chi connectivity index (χ4n) is 1.62. The summed E-state index contributed by atoms with van der Waals surface area (Å²) in [5, 5.41) is -1.59. The van der Waals surface area contributed by atoms with Crippen molar-refractivity contribution in [3.05, 3.63) is 12.3 Å². The van der Waals surface area contributed by atoms with E-state index in [1.165, 1.54) is 31.0 Å². The van der Waals surface area contributed by atoms with Gasteiger partial charge in [0.1, 0.15) is 0 Å². The predicted octanol–water partition coefficient (Wildman–Crippen LogP) is 0.585. The Bertz CT molecular complexity index is 403. The molecule has 7 heteroatoms. The summed E-state index contributed by atoms with van der Waals surface area (Å²) in [5.41, 5.74) is 0. The Balaban J connectivity index is 2.20. The van der Waals surface area contributed by atoms with Crippen LogP contribution < -0.4 is 0 Å². The van der Waals surface area contributed by atoms with Crippen LogP contribution in [0, 0.1) is 0 Å². The number of amides is 1. The zero-order valence-electron chi connectivity index (χ0n) is 9.34. The highest BCUT2D eigenvalue weighted by molar-refractivity contribution is 8.01. The highest BCUT2D eigenvalue weighted by atomic mass is 32.2. The maximum Gasteiger partial charge on any atom is 0.330 e. The molecule has 17 heavy (non-hydrogen) atoms. The van der Waals surface area contributed by atoms with Crippen LogP contribution in [0.2, 0.25) is 0 Å². The highest BCUT2D eigenvalue weighted by Gasteiger charge is 2.49. The van der Waals surface area contributed by atoms with Crippen molar-refractivity contribution in [2.45, 2.75) is 30.8 Å². The molecule has 0 aromatic rings. The minimum absolute atomic E-state index is 0.00185. The van der Waals surface area contributed by atoms with Crippen molar-refractivity contribution in [3.8, 4) is 0 Å². The second-order valence-corrected chi connectivity index (χ2v) is 5.03. The molecule has 1 amide bonds. The number of hydrogen-bond acceptors (Lipinski definition) is 6. The number of rotatable bonds is 2. The quantitative estimate of drug-likeness (QED) is 0.409. The van der Waals surface area contributed by atoms with Gasteiger partial charge in [-0.15, -0.1) is 0 Å². The van der Waals surface area contributed by atoms with Crippen LogP contribution in [0.4, 0.5) is 0 Å². The van der Waals surface area contributed by atoms with Crippen LogP contribution in [0.3, 0.4) is 0 Å². The molecule has 0 saturated carbocycles. The Morgan fingerprint density at radius 3 is 2.41 bits per heavy atom. The minimum Gasteiger partial charge on any atom is -0.409 e. The first-order chi connectivity index (χ1) is 7.92. The SMILES string of the molecule is CC(=O)OC1(OC(C)=O)C=CN2C(=O)C[C@H]2S1. The van der Waals surface area contributed by atoms with Gasteiger partial charge in [-0.3, -0.25) is 14.4 Å². The molecular formula is C10H11NO5S. The Morgan fingerprint density at radius 2 is 2.00 bits per heavy atom. The van der Waals surface area contributed by atoms with Crippen LogP contribution in [0.25, 0.3) is 0 Å². The van der Waals surface area contributed by atoms with Crippen molar-refractivity contribution < 1.29 is 23.9 Å².